The molecule has 2 aliphatic rings. The fourth-order valence-corrected chi connectivity index (χ4v) is 4.42. The van der Waals surface area contributed by atoms with Crippen LogP contribution in [0.2, 0.25) is 0 Å². The summed E-state index contributed by atoms with van der Waals surface area (Å²) in [6, 6.07) is 7.05. The molecular weight excluding hydrogens is 404 g/mol. The standard InChI is InChI=1S/C21H24N4O4S/c1-13-3-5-15(6-4-13)29-11-17-22-16(12-30-17)18(26)24-25-19(27)21(23-20(25)28)9-7-14(2)8-10-21/h3-6,12,14H,7-11H2,1-2H3,(H,23,28)(H,24,26). The van der Waals surface area contributed by atoms with Crippen LogP contribution in [0.25, 0.3) is 0 Å². The average molecular weight is 429 g/mol. The van der Waals surface area contributed by atoms with Crippen LogP contribution in [-0.2, 0) is 11.4 Å². The van der Waals surface area contributed by atoms with Crippen molar-refractivity contribution < 1.29 is 19.1 Å². The summed E-state index contributed by atoms with van der Waals surface area (Å²) < 4.78 is 5.68. The Morgan fingerprint density at radius 3 is 2.70 bits per heavy atom. The predicted octanol–water partition coefficient (Wildman–Crippen LogP) is 3.18. The maximum atomic E-state index is 12.8. The third kappa shape index (κ3) is 4.02. The summed E-state index contributed by atoms with van der Waals surface area (Å²) in [5, 5.41) is 5.77. The van der Waals surface area contributed by atoms with Gasteiger partial charge in [0.05, 0.1) is 0 Å². The number of nitrogens with zero attached hydrogens (tertiary/aromatic N) is 2. The number of carbonyl (C=O) groups excluding carboxylic acids is 3. The zero-order valence-corrected chi connectivity index (χ0v) is 17.8. The molecule has 4 rings (SSSR count). The van der Waals surface area contributed by atoms with Crippen molar-refractivity contribution in [1.29, 1.82) is 0 Å². The minimum absolute atomic E-state index is 0.140. The zero-order valence-electron chi connectivity index (χ0n) is 16.9. The number of urea groups is 1. The Labute approximate surface area is 178 Å². The van der Waals surface area contributed by atoms with Crippen LogP contribution in [0.1, 0.15) is 53.7 Å². The van der Waals surface area contributed by atoms with Crippen molar-refractivity contribution in [2.24, 2.45) is 5.92 Å². The molecule has 8 nitrogen and oxygen atoms in total. The van der Waals surface area contributed by atoms with Gasteiger partial charge in [0.1, 0.15) is 28.6 Å². The highest BCUT2D eigenvalue weighted by molar-refractivity contribution is 7.09. The Morgan fingerprint density at radius 1 is 1.30 bits per heavy atom. The van der Waals surface area contributed by atoms with Gasteiger partial charge >= 0.3 is 6.03 Å². The highest BCUT2D eigenvalue weighted by Gasteiger charge is 2.53. The molecule has 1 saturated heterocycles. The molecule has 9 heteroatoms. The highest BCUT2D eigenvalue weighted by Crippen LogP contribution is 2.35. The first-order chi connectivity index (χ1) is 14.4. The number of benzene rings is 1. The maximum absolute atomic E-state index is 12.8. The number of thiazole rings is 1. The van der Waals surface area contributed by atoms with E-state index in [-0.39, 0.29) is 12.3 Å². The van der Waals surface area contributed by atoms with Gasteiger partial charge in [0.2, 0.25) is 0 Å². The second-order valence-corrected chi connectivity index (χ2v) is 8.95. The van der Waals surface area contributed by atoms with Crippen LogP contribution >= 0.6 is 11.3 Å². The van der Waals surface area contributed by atoms with Gasteiger partial charge in [-0.15, -0.1) is 11.3 Å². The first kappa shape index (κ1) is 20.3. The van der Waals surface area contributed by atoms with E-state index in [1.54, 1.807) is 5.38 Å². The van der Waals surface area contributed by atoms with Crippen LogP contribution in [0, 0.1) is 12.8 Å². The SMILES string of the molecule is Cc1ccc(OCc2nc(C(=O)NN3C(=O)NC4(CCC(C)CC4)C3=O)cs2)cc1. The number of amides is 4. The number of hydrogen-bond acceptors (Lipinski definition) is 6. The molecule has 1 aliphatic heterocycles. The molecule has 1 saturated carbocycles. The Kier molecular flexibility index (Phi) is 5.46. The van der Waals surface area contributed by atoms with E-state index in [9.17, 15) is 14.4 Å². The number of ether oxygens (including phenoxy) is 1. The van der Waals surface area contributed by atoms with Crippen molar-refractivity contribution in [3.63, 3.8) is 0 Å². The fraction of sp³-hybridized carbons (Fsp3) is 0.429. The van der Waals surface area contributed by atoms with Crippen LogP contribution in [0.3, 0.4) is 0 Å². The molecule has 1 aliphatic carbocycles. The first-order valence-corrected chi connectivity index (χ1v) is 10.9. The van der Waals surface area contributed by atoms with Crippen molar-refractivity contribution in [2.45, 2.75) is 51.7 Å². The molecule has 0 bridgehead atoms. The lowest BCUT2D eigenvalue weighted by molar-refractivity contribution is -0.134. The summed E-state index contributed by atoms with van der Waals surface area (Å²) >= 11 is 1.28. The van der Waals surface area contributed by atoms with Crippen molar-refractivity contribution in [3.8, 4) is 5.75 Å². The molecule has 2 N–H and O–H groups in total. The van der Waals surface area contributed by atoms with E-state index in [0.717, 1.165) is 23.4 Å². The number of hydrazine groups is 1. The van der Waals surface area contributed by atoms with Gasteiger partial charge in [-0.2, -0.15) is 5.01 Å². The molecule has 2 aromatic rings. The quantitative estimate of drug-likeness (QED) is 0.713. The van der Waals surface area contributed by atoms with Gasteiger partial charge in [0.15, 0.2) is 0 Å². The van der Waals surface area contributed by atoms with Crippen LogP contribution in [-0.4, -0.2) is 33.4 Å². The summed E-state index contributed by atoms with van der Waals surface area (Å²) in [4.78, 5) is 42.0. The molecule has 1 aromatic heterocycles. The van der Waals surface area contributed by atoms with Gasteiger partial charge in [-0.1, -0.05) is 24.6 Å². The molecule has 2 heterocycles. The number of imide groups is 1. The number of aromatic nitrogens is 1. The molecular formula is C21H24N4O4S. The second kappa shape index (κ2) is 8.06. The maximum Gasteiger partial charge on any atom is 0.344 e. The molecule has 1 spiro atoms. The van der Waals surface area contributed by atoms with E-state index in [2.05, 4.69) is 22.7 Å². The highest BCUT2D eigenvalue weighted by atomic mass is 32.1. The summed E-state index contributed by atoms with van der Waals surface area (Å²) in [6.07, 6.45) is 2.90. The summed E-state index contributed by atoms with van der Waals surface area (Å²) in [5.41, 5.74) is 2.79. The van der Waals surface area contributed by atoms with Crippen LogP contribution in [0.5, 0.6) is 5.75 Å². The largest absolute Gasteiger partial charge is 0.486 e. The van der Waals surface area contributed by atoms with Gasteiger partial charge in [0.25, 0.3) is 11.8 Å². The van der Waals surface area contributed by atoms with E-state index in [0.29, 0.717) is 29.5 Å². The molecule has 2 fully saturated rings. The van der Waals surface area contributed by atoms with Crippen LogP contribution < -0.4 is 15.5 Å². The predicted molar refractivity (Wildman–Crippen MR) is 111 cm³/mol. The topological polar surface area (TPSA) is 101 Å². The van der Waals surface area contributed by atoms with Gasteiger partial charge in [-0.3, -0.25) is 15.0 Å². The molecule has 30 heavy (non-hydrogen) atoms. The third-order valence-electron chi connectivity index (χ3n) is 5.67. The van der Waals surface area contributed by atoms with Crippen molar-refractivity contribution in [1.82, 2.24) is 20.7 Å². The summed E-state index contributed by atoms with van der Waals surface area (Å²) in [7, 11) is 0. The van der Waals surface area contributed by atoms with E-state index in [1.807, 2.05) is 31.2 Å². The minimum atomic E-state index is -0.897. The zero-order chi connectivity index (χ0) is 21.3. The van der Waals surface area contributed by atoms with E-state index in [4.69, 9.17) is 4.74 Å². The minimum Gasteiger partial charge on any atom is -0.486 e. The molecule has 4 amide bonds. The lowest BCUT2D eigenvalue weighted by atomic mass is 9.77. The molecule has 0 unspecified atom stereocenters. The van der Waals surface area contributed by atoms with Gasteiger partial charge < -0.3 is 10.1 Å². The number of rotatable bonds is 5. The second-order valence-electron chi connectivity index (χ2n) is 8.00. The van der Waals surface area contributed by atoms with Crippen molar-refractivity contribution in [3.05, 3.63) is 45.9 Å². The van der Waals surface area contributed by atoms with Gasteiger partial charge in [0, 0.05) is 5.38 Å². The lowest BCUT2D eigenvalue weighted by Crippen LogP contribution is -2.51. The normalized spacial score (nSPS) is 23.5. The fourth-order valence-electron chi connectivity index (χ4n) is 3.74. The number of nitrogens with one attached hydrogen (secondary N) is 2. The van der Waals surface area contributed by atoms with Gasteiger partial charge in [-0.05, 0) is 50.7 Å². The smallest absolute Gasteiger partial charge is 0.344 e. The van der Waals surface area contributed by atoms with Crippen LogP contribution in [0.15, 0.2) is 29.6 Å². The summed E-state index contributed by atoms with van der Waals surface area (Å²) in [6.45, 7) is 4.36. The Balaban J connectivity index is 1.36. The number of carbonyl (C=O) groups is 3. The molecule has 158 valence electrons. The van der Waals surface area contributed by atoms with E-state index < -0.39 is 23.4 Å². The van der Waals surface area contributed by atoms with Crippen molar-refractivity contribution >= 4 is 29.2 Å². The van der Waals surface area contributed by atoms with E-state index >= 15 is 0 Å². The first-order valence-electron chi connectivity index (χ1n) is 9.98. The number of aryl methyl sites for hydroxylation is 1. The molecule has 0 atom stereocenters. The monoisotopic (exact) mass is 428 g/mol. The lowest BCUT2D eigenvalue weighted by Gasteiger charge is -2.33. The summed E-state index contributed by atoms with van der Waals surface area (Å²) in [5.74, 6) is 0.247. The molecule has 0 radical (unpaired) electrons. The van der Waals surface area contributed by atoms with Crippen molar-refractivity contribution in [2.75, 3.05) is 0 Å². The Hall–Kier alpha value is -2.94. The Morgan fingerprint density at radius 2 is 2.00 bits per heavy atom. The van der Waals surface area contributed by atoms with E-state index in [1.165, 1.54) is 11.3 Å². The third-order valence-corrected chi connectivity index (χ3v) is 6.49. The number of hydrogen-bond donors (Lipinski definition) is 2. The van der Waals surface area contributed by atoms with Crippen LogP contribution in [0.4, 0.5) is 4.79 Å². The average Bonchev–Trinajstić information content (AvgIpc) is 3.29. The Bertz CT molecular complexity index is 964. The van der Waals surface area contributed by atoms with Gasteiger partial charge in [-0.25, -0.2) is 9.78 Å². The molecule has 1 aromatic carbocycles.